The van der Waals surface area contributed by atoms with Crippen LogP contribution in [0.4, 0.5) is 10.8 Å². The average Bonchev–Trinajstić information content (AvgIpc) is 3.29. The number of benzene rings is 1. The Kier molecular flexibility index (Phi) is 6.14. The minimum atomic E-state index is -0.186. The number of amides is 1. The van der Waals surface area contributed by atoms with Crippen molar-refractivity contribution in [2.24, 2.45) is 0 Å². The Labute approximate surface area is 173 Å². The molecule has 9 heteroatoms. The summed E-state index contributed by atoms with van der Waals surface area (Å²) in [4.78, 5) is 18.8. The maximum Gasteiger partial charge on any atom is 0.230 e. The Morgan fingerprint density at radius 2 is 2.04 bits per heavy atom. The van der Waals surface area contributed by atoms with E-state index < -0.39 is 0 Å². The molecule has 0 aliphatic rings. The first-order chi connectivity index (χ1) is 13.3. The molecule has 0 atom stereocenters. The van der Waals surface area contributed by atoms with Gasteiger partial charge in [-0.25, -0.2) is 9.67 Å². The molecule has 0 fully saturated rings. The fourth-order valence-electron chi connectivity index (χ4n) is 2.73. The molecule has 0 saturated heterocycles. The van der Waals surface area contributed by atoms with Gasteiger partial charge in [-0.2, -0.15) is 0 Å². The van der Waals surface area contributed by atoms with Crippen molar-refractivity contribution in [2.45, 2.75) is 57.5 Å². The number of thioether (sulfide) groups is 1. The highest BCUT2D eigenvalue weighted by Crippen LogP contribution is 2.33. The number of anilines is 2. The van der Waals surface area contributed by atoms with Gasteiger partial charge in [-0.15, -0.1) is 16.4 Å². The summed E-state index contributed by atoms with van der Waals surface area (Å²) in [5, 5.41) is 15.4. The van der Waals surface area contributed by atoms with Crippen LogP contribution in [0.2, 0.25) is 0 Å². The summed E-state index contributed by atoms with van der Waals surface area (Å²) < 4.78 is 1.81. The summed E-state index contributed by atoms with van der Waals surface area (Å²) in [6, 6.07) is 7.95. The highest BCUT2D eigenvalue weighted by atomic mass is 32.2. The molecule has 2 aromatic heterocycles. The first-order valence-electron chi connectivity index (χ1n) is 9.06. The molecule has 0 aliphatic heterocycles. The van der Waals surface area contributed by atoms with Gasteiger partial charge in [-0.3, -0.25) is 9.69 Å². The Bertz CT molecular complexity index is 959. The average molecular weight is 417 g/mol. The molecular formula is C19H24N6OS2. The van der Waals surface area contributed by atoms with E-state index in [9.17, 15) is 4.79 Å². The Morgan fingerprint density at radius 1 is 1.29 bits per heavy atom. The van der Waals surface area contributed by atoms with E-state index in [-0.39, 0.29) is 11.4 Å². The third-order valence-electron chi connectivity index (χ3n) is 4.08. The lowest BCUT2D eigenvalue weighted by Crippen LogP contribution is -2.24. The normalized spacial score (nSPS) is 11.6. The van der Waals surface area contributed by atoms with Gasteiger partial charge in [-0.1, -0.05) is 36.9 Å². The fourth-order valence-corrected chi connectivity index (χ4v) is 4.67. The van der Waals surface area contributed by atoms with E-state index in [1.807, 2.05) is 34.3 Å². The van der Waals surface area contributed by atoms with E-state index in [0.717, 1.165) is 28.5 Å². The minimum Gasteiger partial charge on any atom is -0.274 e. The van der Waals surface area contributed by atoms with E-state index >= 15 is 0 Å². The molecule has 7 nitrogen and oxygen atoms in total. The molecule has 0 spiro atoms. The van der Waals surface area contributed by atoms with Crippen molar-refractivity contribution >= 4 is 39.8 Å². The van der Waals surface area contributed by atoms with E-state index in [2.05, 4.69) is 43.2 Å². The van der Waals surface area contributed by atoms with Crippen LogP contribution in [0.15, 0.2) is 34.8 Å². The fraction of sp³-hybridized carbons (Fsp3) is 0.421. The number of para-hydroxylation sites is 1. The van der Waals surface area contributed by atoms with Gasteiger partial charge in [0.05, 0.1) is 16.9 Å². The Hall–Kier alpha value is -2.26. The number of hydrogen-bond donors (Lipinski definition) is 0. The number of thiazole rings is 1. The van der Waals surface area contributed by atoms with Crippen LogP contribution in [-0.4, -0.2) is 31.1 Å². The van der Waals surface area contributed by atoms with Crippen LogP contribution in [0, 0.1) is 0 Å². The Morgan fingerprint density at radius 3 is 2.71 bits per heavy atom. The zero-order valence-electron chi connectivity index (χ0n) is 16.7. The summed E-state index contributed by atoms with van der Waals surface area (Å²) in [7, 11) is 0. The van der Waals surface area contributed by atoms with E-state index in [4.69, 9.17) is 4.98 Å². The molecule has 148 valence electrons. The van der Waals surface area contributed by atoms with Crippen LogP contribution >= 0.6 is 23.1 Å². The second-order valence-corrected chi connectivity index (χ2v) is 9.07. The number of aromatic nitrogens is 5. The van der Waals surface area contributed by atoms with Gasteiger partial charge >= 0.3 is 0 Å². The van der Waals surface area contributed by atoms with Crippen LogP contribution in [0.3, 0.4) is 0 Å². The molecular weight excluding hydrogens is 392 g/mol. The van der Waals surface area contributed by atoms with Crippen LogP contribution in [-0.2, 0) is 22.5 Å². The number of tetrazole rings is 1. The molecule has 3 rings (SSSR count). The Balaban J connectivity index is 1.81. The highest BCUT2D eigenvalue weighted by Gasteiger charge is 2.22. The van der Waals surface area contributed by atoms with Crippen molar-refractivity contribution in [3.05, 3.63) is 40.9 Å². The molecule has 1 amide bonds. The first kappa shape index (κ1) is 20.5. The topological polar surface area (TPSA) is 76.8 Å². The molecule has 2 heterocycles. The van der Waals surface area contributed by atoms with E-state index in [0.29, 0.717) is 10.9 Å². The van der Waals surface area contributed by atoms with Gasteiger partial charge in [-0.05, 0) is 49.2 Å². The summed E-state index contributed by atoms with van der Waals surface area (Å²) in [6.07, 6.45) is 0.851. The largest absolute Gasteiger partial charge is 0.274 e. The summed E-state index contributed by atoms with van der Waals surface area (Å²) in [6.45, 7) is 9.83. The third-order valence-corrected chi connectivity index (χ3v) is 5.91. The molecule has 3 aromatic rings. The number of nitrogens with zero attached hydrogens (tertiary/aromatic N) is 6. The second kappa shape index (κ2) is 8.40. The predicted octanol–water partition coefficient (Wildman–Crippen LogP) is 4.42. The molecule has 0 N–H and O–H groups in total. The van der Waals surface area contributed by atoms with E-state index in [1.165, 1.54) is 23.1 Å². The van der Waals surface area contributed by atoms with Crippen LogP contribution in [0.1, 0.15) is 45.9 Å². The van der Waals surface area contributed by atoms with Gasteiger partial charge in [0.1, 0.15) is 0 Å². The van der Waals surface area contributed by atoms with Crippen molar-refractivity contribution in [1.82, 2.24) is 25.2 Å². The number of carbonyl (C=O) groups is 1. The molecule has 0 unspecified atom stereocenters. The van der Waals surface area contributed by atoms with Crippen LogP contribution in [0.25, 0.3) is 0 Å². The SMILES string of the molecule is CCc1ccccc1N(C(C)=O)c1nc(CSc2nnnn2C(C)(C)C)cs1. The lowest BCUT2D eigenvalue weighted by molar-refractivity contribution is -0.115. The zero-order valence-corrected chi connectivity index (χ0v) is 18.3. The third kappa shape index (κ3) is 4.41. The minimum absolute atomic E-state index is 0.0499. The summed E-state index contributed by atoms with van der Waals surface area (Å²) in [5.74, 6) is 0.583. The number of rotatable bonds is 6. The van der Waals surface area contributed by atoms with Crippen molar-refractivity contribution < 1.29 is 4.79 Å². The monoisotopic (exact) mass is 416 g/mol. The van der Waals surface area contributed by atoms with Gasteiger partial charge in [0.2, 0.25) is 11.1 Å². The van der Waals surface area contributed by atoms with Crippen LogP contribution < -0.4 is 4.90 Å². The smallest absolute Gasteiger partial charge is 0.230 e. The number of carbonyl (C=O) groups excluding carboxylic acids is 1. The molecule has 0 radical (unpaired) electrons. The molecule has 0 saturated carbocycles. The van der Waals surface area contributed by atoms with Crippen molar-refractivity contribution in [2.75, 3.05) is 4.90 Å². The van der Waals surface area contributed by atoms with Gasteiger partial charge < -0.3 is 0 Å². The van der Waals surface area contributed by atoms with Crippen molar-refractivity contribution in [1.29, 1.82) is 0 Å². The second-order valence-electron chi connectivity index (χ2n) is 7.29. The lowest BCUT2D eigenvalue weighted by atomic mass is 10.1. The molecule has 1 aromatic carbocycles. The van der Waals surface area contributed by atoms with Gasteiger partial charge in [0.15, 0.2) is 5.13 Å². The molecule has 0 aliphatic carbocycles. The van der Waals surface area contributed by atoms with Crippen molar-refractivity contribution in [3.8, 4) is 0 Å². The van der Waals surface area contributed by atoms with Gasteiger partial charge in [0.25, 0.3) is 0 Å². The number of aryl methyl sites for hydroxylation is 1. The molecule has 28 heavy (non-hydrogen) atoms. The van der Waals surface area contributed by atoms with Gasteiger partial charge in [0, 0.05) is 18.1 Å². The van der Waals surface area contributed by atoms with E-state index in [1.54, 1.807) is 11.8 Å². The lowest BCUT2D eigenvalue weighted by Gasteiger charge is -2.21. The standard InChI is InChI=1S/C19H24N6OS2/c1-6-14-9-7-8-10-16(14)24(13(2)26)17-20-15(11-27-17)12-28-18-21-22-23-25(18)19(3,4)5/h7-11H,6,12H2,1-5H3. The maximum atomic E-state index is 12.4. The first-order valence-corrected chi connectivity index (χ1v) is 10.9. The summed E-state index contributed by atoms with van der Waals surface area (Å²) in [5.41, 5.74) is 2.72. The zero-order chi connectivity index (χ0) is 20.3. The highest BCUT2D eigenvalue weighted by molar-refractivity contribution is 7.98. The summed E-state index contributed by atoms with van der Waals surface area (Å²) >= 11 is 3.01. The maximum absolute atomic E-state index is 12.4. The quantitative estimate of drug-likeness (QED) is 0.554. The predicted molar refractivity (Wildman–Crippen MR) is 113 cm³/mol. The van der Waals surface area contributed by atoms with Crippen molar-refractivity contribution in [3.63, 3.8) is 0 Å². The van der Waals surface area contributed by atoms with Crippen LogP contribution in [0.5, 0.6) is 0 Å². The number of hydrogen-bond acceptors (Lipinski definition) is 7. The molecule has 0 bridgehead atoms.